The Kier molecular flexibility index (Phi) is 5.77. The summed E-state index contributed by atoms with van der Waals surface area (Å²) in [4.78, 5) is 39.1. The van der Waals surface area contributed by atoms with Crippen LogP contribution in [0.3, 0.4) is 0 Å². The average molecular weight is 549 g/mol. The fraction of sp³-hybridized carbons (Fsp3) is 0.231. The second kappa shape index (κ2) is 9.44. The maximum atomic E-state index is 12.6. The first kappa shape index (κ1) is 23.2. The Morgan fingerprint density at radius 2 is 1.05 bits per heavy atom. The zero-order valence-electron chi connectivity index (χ0n) is 19.9. The highest BCUT2D eigenvalue weighted by Gasteiger charge is 2.32. The van der Waals surface area contributed by atoms with Crippen LogP contribution in [0.15, 0.2) is 56.2 Å². The van der Waals surface area contributed by atoms with Crippen LogP contribution in [0.4, 0.5) is 0 Å². The third-order valence-corrected chi connectivity index (χ3v) is 8.52. The van der Waals surface area contributed by atoms with Gasteiger partial charge in [0, 0.05) is 26.2 Å². The van der Waals surface area contributed by atoms with Gasteiger partial charge in [-0.05, 0) is 71.1 Å². The number of aliphatic imine (C=N–C) groups is 2. The lowest BCUT2D eigenvalue weighted by Crippen LogP contribution is -2.49. The van der Waals surface area contributed by atoms with Crippen molar-refractivity contribution in [1.29, 1.82) is 0 Å². The van der Waals surface area contributed by atoms with Crippen LogP contribution in [0.1, 0.15) is 11.1 Å². The van der Waals surface area contributed by atoms with E-state index in [2.05, 4.69) is 19.8 Å². The Labute approximate surface area is 226 Å². The quantitative estimate of drug-likeness (QED) is 0.519. The van der Waals surface area contributed by atoms with Crippen molar-refractivity contribution in [3.05, 3.63) is 57.3 Å². The normalized spacial score (nSPS) is 22.1. The number of fused-ring (bicyclic) bond motifs is 2. The van der Waals surface area contributed by atoms with Gasteiger partial charge in [-0.25, -0.2) is 0 Å². The molecule has 0 bridgehead atoms. The predicted octanol–water partition coefficient (Wildman–Crippen LogP) is 3.40. The lowest BCUT2D eigenvalue weighted by atomic mass is 10.2. The van der Waals surface area contributed by atoms with Crippen molar-refractivity contribution < 1.29 is 28.5 Å². The molecular weight excluding hydrogens is 528 g/mol. The SMILES string of the molecule is O=C1N=C(N2CCN(C3=NC(=O)/C(=C/c4ccc5c(c4)OCO5)S3)CC2)S/C1=C\c1ccc2c(c1)OCO2. The summed E-state index contributed by atoms with van der Waals surface area (Å²) in [5.41, 5.74) is 1.72. The molecule has 38 heavy (non-hydrogen) atoms. The van der Waals surface area contributed by atoms with Crippen molar-refractivity contribution in [3.8, 4) is 23.0 Å². The molecule has 0 atom stereocenters. The zero-order chi connectivity index (χ0) is 25.6. The summed E-state index contributed by atoms with van der Waals surface area (Å²) in [6.07, 6.45) is 3.65. The van der Waals surface area contributed by atoms with Gasteiger partial charge in [-0.15, -0.1) is 0 Å². The Morgan fingerprint density at radius 1 is 0.632 bits per heavy atom. The Bertz CT molecular complexity index is 1380. The summed E-state index contributed by atoms with van der Waals surface area (Å²) in [7, 11) is 0. The van der Waals surface area contributed by atoms with Crippen molar-refractivity contribution in [2.75, 3.05) is 39.8 Å². The molecule has 0 saturated carbocycles. The molecule has 5 heterocycles. The Hall–Kier alpha value is -3.90. The van der Waals surface area contributed by atoms with Gasteiger partial charge in [-0.3, -0.25) is 9.59 Å². The lowest BCUT2D eigenvalue weighted by Gasteiger charge is -2.35. The highest BCUT2D eigenvalue weighted by molar-refractivity contribution is 8.18. The van der Waals surface area contributed by atoms with Crippen LogP contribution in [0.25, 0.3) is 12.2 Å². The van der Waals surface area contributed by atoms with Crippen molar-refractivity contribution in [3.63, 3.8) is 0 Å². The van der Waals surface area contributed by atoms with E-state index in [9.17, 15) is 9.59 Å². The third-order valence-electron chi connectivity index (χ3n) is 6.43. The second-order valence-corrected chi connectivity index (χ2v) is 10.8. The molecule has 0 N–H and O–H groups in total. The van der Waals surface area contributed by atoms with Crippen LogP contribution in [-0.4, -0.2) is 71.7 Å². The average Bonchev–Trinajstić information content (AvgIpc) is 3.72. The van der Waals surface area contributed by atoms with Gasteiger partial charge in [-0.2, -0.15) is 9.98 Å². The lowest BCUT2D eigenvalue weighted by molar-refractivity contribution is -0.114. The van der Waals surface area contributed by atoms with E-state index in [0.29, 0.717) is 69.3 Å². The molecule has 2 aromatic rings. The summed E-state index contributed by atoms with van der Waals surface area (Å²) >= 11 is 2.75. The number of amides is 2. The maximum Gasteiger partial charge on any atom is 0.286 e. The van der Waals surface area contributed by atoms with E-state index < -0.39 is 0 Å². The summed E-state index contributed by atoms with van der Waals surface area (Å²) in [6, 6.07) is 11.2. The molecule has 1 saturated heterocycles. The number of rotatable bonds is 2. The molecular formula is C26H20N4O6S2. The number of piperazine rings is 1. The monoisotopic (exact) mass is 548 g/mol. The van der Waals surface area contributed by atoms with Gasteiger partial charge in [0.1, 0.15) is 0 Å². The fourth-order valence-electron chi connectivity index (χ4n) is 4.46. The molecule has 2 amide bonds. The number of thioether (sulfide) groups is 2. The summed E-state index contributed by atoms with van der Waals surface area (Å²) < 4.78 is 21.6. The van der Waals surface area contributed by atoms with Gasteiger partial charge in [0.05, 0.1) is 9.81 Å². The van der Waals surface area contributed by atoms with Crippen molar-refractivity contribution in [2.45, 2.75) is 0 Å². The number of amidine groups is 2. The van der Waals surface area contributed by atoms with Crippen LogP contribution in [0, 0.1) is 0 Å². The van der Waals surface area contributed by atoms with Gasteiger partial charge in [0.25, 0.3) is 11.8 Å². The molecule has 0 aliphatic carbocycles. The molecule has 2 aromatic carbocycles. The van der Waals surface area contributed by atoms with Gasteiger partial charge in [0.2, 0.25) is 13.6 Å². The van der Waals surface area contributed by atoms with E-state index in [-0.39, 0.29) is 25.4 Å². The predicted molar refractivity (Wildman–Crippen MR) is 144 cm³/mol. The van der Waals surface area contributed by atoms with E-state index in [1.54, 1.807) is 0 Å². The molecule has 192 valence electrons. The summed E-state index contributed by atoms with van der Waals surface area (Å²) in [5.74, 6) is 2.26. The minimum absolute atomic E-state index is 0.207. The fourth-order valence-corrected chi connectivity index (χ4v) is 6.39. The topological polar surface area (TPSA) is 102 Å². The minimum Gasteiger partial charge on any atom is -0.454 e. The van der Waals surface area contributed by atoms with E-state index in [0.717, 1.165) is 11.1 Å². The van der Waals surface area contributed by atoms with Crippen LogP contribution >= 0.6 is 23.5 Å². The number of nitrogens with zero attached hydrogens (tertiary/aromatic N) is 4. The van der Waals surface area contributed by atoms with Crippen molar-refractivity contribution in [1.82, 2.24) is 9.80 Å². The Balaban J connectivity index is 0.969. The van der Waals surface area contributed by atoms with Gasteiger partial charge >= 0.3 is 0 Å². The van der Waals surface area contributed by atoms with Crippen LogP contribution in [-0.2, 0) is 9.59 Å². The number of ether oxygens (including phenoxy) is 4. The van der Waals surface area contributed by atoms with E-state index in [1.807, 2.05) is 48.6 Å². The number of benzene rings is 2. The maximum absolute atomic E-state index is 12.6. The largest absolute Gasteiger partial charge is 0.454 e. The molecule has 12 heteroatoms. The van der Waals surface area contributed by atoms with Gasteiger partial charge < -0.3 is 28.7 Å². The standard InChI is InChI=1S/C26H20N4O6S2/c31-23-21(11-15-1-3-17-19(9-15)35-13-33-17)37-25(27-23)29-5-7-30(8-6-29)26-28-24(32)22(38-26)12-16-2-4-18-20(10-16)36-14-34-18/h1-4,9-12H,5-8,13-14H2/b21-11-,22-12-. The van der Waals surface area contributed by atoms with E-state index >= 15 is 0 Å². The number of carbonyl (C=O) groups is 2. The second-order valence-electron chi connectivity index (χ2n) is 8.82. The molecule has 0 unspecified atom stereocenters. The summed E-state index contributed by atoms with van der Waals surface area (Å²) in [6.45, 7) is 3.10. The molecule has 5 aliphatic rings. The number of carbonyl (C=O) groups excluding carboxylic acids is 2. The van der Waals surface area contributed by atoms with Crippen molar-refractivity contribution in [2.24, 2.45) is 9.98 Å². The smallest absolute Gasteiger partial charge is 0.286 e. The van der Waals surface area contributed by atoms with E-state index in [4.69, 9.17) is 18.9 Å². The first-order valence-corrected chi connectivity index (χ1v) is 13.6. The van der Waals surface area contributed by atoms with Crippen LogP contribution in [0.5, 0.6) is 23.0 Å². The number of hydrogen-bond acceptors (Lipinski definition) is 10. The highest BCUT2D eigenvalue weighted by Crippen LogP contribution is 2.37. The van der Waals surface area contributed by atoms with Gasteiger partial charge in [0.15, 0.2) is 33.3 Å². The molecule has 5 aliphatic heterocycles. The van der Waals surface area contributed by atoms with Gasteiger partial charge in [-0.1, -0.05) is 12.1 Å². The zero-order valence-corrected chi connectivity index (χ0v) is 21.5. The first-order valence-electron chi connectivity index (χ1n) is 11.9. The van der Waals surface area contributed by atoms with Crippen LogP contribution < -0.4 is 18.9 Å². The van der Waals surface area contributed by atoms with Crippen molar-refractivity contribution >= 4 is 57.8 Å². The molecule has 1 fully saturated rings. The molecule has 7 rings (SSSR count). The number of hydrogen-bond donors (Lipinski definition) is 0. The molecule has 0 aromatic heterocycles. The molecule has 0 spiro atoms. The Morgan fingerprint density at radius 3 is 1.50 bits per heavy atom. The van der Waals surface area contributed by atoms with Crippen LogP contribution in [0.2, 0.25) is 0 Å². The molecule has 0 radical (unpaired) electrons. The summed E-state index contributed by atoms with van der Waals surface area (Å²) in [5, 5.41) is 1.39. The first-order chi connectivity index (χ1) is 18.6. The minimum atomic E-state index is -0.246. The third kappa shape index (κ3) is 4.39. The highest BCUT2D eigenvalue weighted by atomic mass is 32.2. The van der Waals surface area contributed by atoms with E-state index in [1.165, 1.54) is 23.5 Å². The molecule has 10 nitrogen and oxygen atoms in total.